The van der Waals surface area contributed by atoms with Gasteiger partial charge >= 0.3 is 6.03 Å². The minimum absolute atomic E-state index is 0.0307. The summed E-state index contributed by atoms with van der Waals surface area (Å²) in [5.41, 5.74) is 0. The van der Waals surface area contributed by atoms with Gasteiger partial charge in [0.15, 0.2) is 0 Å². The van der Waals surface area contributed by atoms with Gasteiger partial charge in [-0.3, -0.25) is 0 Å². The molecule has 3 N–H and O–H groups in total. The third kappa shape index (κ3) is 8.49. The first-order chi connectivity index (χ1) is 7.60. The van der Waals surface area contributed by atoms with Crippen molar-refractivity contribution in [2.45, 2.75) is 33.2 Å². The zero-order valence-corrected chi connectivity index (χ0v) is 10.5. The van der Waals surface area contributed by atoms with E-state index in [1.165, 1.54) is 0 Å². The molecule has 5 nitrogen and oxygen atoms in total. The highest BCUT2D eigenvalue weighted by Gasteiger charge is 2.12. The molecule has 0 aromatic carbocycles. The fraction of sp³-hybridized carbons (Fsp3) is 0.909. The smallest absolute Gasteiger partial charge is 0.315 e. The van der Waals surface area contributed by atoms with E-state index in [2.05, 4.69) is 24.5 Å². The summed E-state index contributed by atoms with van der Waals surface area (Å²) in [6.45, 7) is 7.63. The maximum Gasteiger partial charge on any atom is 0.315 e. The lowest BCUT2D eigenvalue weighted by atomic mass is 10.0. The molecule has 0 saturated carbocycles. The van der Waals surface area contributed by atoms with Crippen molar-refractivity contribution in [3.05, 3.63) is 0 Å². The van der Waals surface area contributed by atoms with E-state index in [0.29, 0.717) is 25.7 Å². The van der Waals surface area contributed by atoms with E-state index in [-0.39, 0.29) is 18.7 Å². The quantitative estimate of drug-likeness (QED) is 0.540. The molecule has 1 atom stereocenters. The molecule has 0 aliphatic heterocycles. The SMILES string of the molecule is CCOCCNC(=O)NC(CO)CC(C)C. The van der Waals surface area contributed by atoms with Gasteiger partial charge in [0.05, 0.1) is 19.3 Å². The van der Waals surface area contributed by atoms with Crippen LogP contribution in [0.3, 0.4) is 0 Å². The van der Waals surface area contributed by atoms with Gasteiger partial charge in [-0.1, -0.05) is 13.8 Å². The number of carbonyl (C=O) groups is 1. The number of aliphatic hydroxyl groups is 1. The van der Waals surface area contributed by atoms with Crippen LogP contribution in [0.15, 0.2) is 0 Å². The van der Waals surface area contributed by atoms with Gasteiger partial charge in [0, 0.05) is 13.2 Å². The summed E-state index contributed by atoms with van der Waals surface area (Å²) in [5, 5.41) is 14.5. The van der Waals surface area contributed by atoms with Gasteiger partial charge in [-0.05, 0) is 19.3 Å². The molecule has 0 bridgehead atoms. The number of urea groups is 1. The average molecular weight is 232 g/mol. The minimum atomic E-state index is -0.251. The van der Waals surface area contributed by atoms with E-state index < -0.39 is 0 Å². The first-order valence-electron chi connectivity index (χ1n) is 5.83. The van der Waals surface area contributed by atoms with Crippen molar-refractivity contribution in [1.29, 1.82) is 0 Å². The molecule has 96 valence electrons. The Bertz CT molecular complexity index is 186. The normalized spacial score (nSPS) is 12.6. The molecular formula is C11H24N2O3. The van der Waals surface area contributed by atoms with Crippen LogP contribution in [-0.2, 0) is 4.74 Å². The van der Waals surface area contributed by atoms with Crippen molar-refractivity contribution in [2.75, 3.05) is 26.4 Å². The number of hydrogen-bond acceptors (Lipinski definition) is 3. The van der Waals surface area contributed by atoms with Crippen molar-refractivity contribution < 1.29 is 14.6 Å². The Kier molecular flexibility index (Phi) is 8.94. The Morgan fingerprint density at radius 1 is 1.44 bits per heavy atom. The van der Waals surface area contributed by atoms with Crippen LogP contribution in [0.25, 0.3) is 0 Å². The van der Waals surface area contributed by atoms with Crippen LogP contribution in [-0.4, -0.2) is 43.5 Å². The summed E-state index contributed by atoms with van der Waals surface area (Å²) in [7, 11) is 0. The van der Waals surface area contributed by atoms with Crippen LogP contribution < -0.4 is 10.6 Å². The second-order valence-electron chi connectivity index (χ2n) is 4.11. The number of nitrogens with one attached hydrogen (secondary N) is 2. The Morgan fingerprint density at radius 2 is 2.12 bits per heavy atom. The second-order valence-corrected chi connectivity index (χ2v) is 4.11. The molecule has 1 unspecified atom stereocenters. The summed E-state index contributed by atoms with van der Waals surface area (Å²) >= 11 is 0. The van der Waals surface area contributed by atoms with Gasteiger partial charge in [0.25, 0.3) is 0 Å². The molecule has 0 radical (unpaired) electrons. The van der Waals surface area contributed by atoms with E-state index >= 15 is 0 Å². The van der Waals surface area contributed by atoms with Gasteiger partial charge in [-0.2, -0.15) is 0 Å². The van der Waals surface area contributed by atoms with Crippen LogP contribution >= 0.6 is 0 Å². The number of amides is 2. The Hall–Kier alpha value is -0.810. The molecule has 5 heteroatoms. The number of hydrogen-bond donors (Lipinski definition) is 3. The van der Waals surface area contributed by atoms with Gasteiger partial charge in [-0.15, -0.1) is 0 Å². The summed E-state index contributed by atoms with van der Waals surface area (Å²) in [6, 6.07) is -0.425. The van der Waals surface area contributed by atoms with Gasteiger partial charge in [0.1, 0.15) is 0 Å². The molecule has 0 rings (SSSR count). The zero-order valence-electron chi connectivity index (χ0n) is 10.5. The predicted molar refractivity (Wildman–Crippen MR) is 63.4 cm³/mol. The lowest BCUT2D eigenvalue weighted by Crippen LogP contribution is -2.45. The fourth-order valence-corrected chi connectivity index (χ4v) is 1.37. The van der Waals surface area contributed by atoms with Crippen LogP contribution in [0.2, 0.25) is 0 Å². The van der Waals surface area contributed by atoms with E-state index in [0.717, 1.165) is 6.42 Å². The lowest BCUT2D eigenvalue weighted by molar-refractivity contribution is 0.148. The molecule has 0 aromatic heterocycles. The number of ether oxygens (including phenoxy) is 1. The highest BCUT2D eigenvalue weighted by Crippen LogP contribution is 2.03. The monoisotopic (exact) mass is 232 g/mol. The second kappa shape index (κ2) is 9.42. The molecule has 0 heterocycles. The van der Waals surface area contributed by atoms with Crippen LogP contribution in [0.4, 0.5) is 4.79 Å². The van der Waals surface area contributed by atoms with Crippen molar-refractivity contribution in [1.82, 2.24) is 10.6 Å². The summed E-state index contributed by atoms with van der Waals surface area (Å²) in [6.07, 6.45) is 0.773. The Morgan fingerprint density at radius 3 is 2.62 bits per heavy atom. The number of carbonyl (C=O) groups excluding carboxylic acids is 1. The first kappa shape index (κ1) is 15.2. The zero-order chi connectivity index (χ0) is 12.4. The molecule has 0 saturated heterocycles. The molecular weight excluding hydrogens is 208 g/mol. The van der Waals surface area contributed by atoms with Crippen LogP contribution in [0.1, 0.15) is 27.2 Å². The van der Waals surface area contributed by atoms with Crippen molar-refractivity contribution >= 4 is 6.03 Å². The van der Waals surface area contributed by atoms with Crippen molar-refractivity contribution in [2.24, 2.45) is 5.92 Å². The molecule has 0 aromatic rings. The lowest BCUT2D eigenvalue weighted by Gasteiger charge is -2.18. The molecule has 0 spiro atoms. The maximum atomic E-state index is 11.4. The van der Waals surface area contributed by atoms with Crippen molar-refractivity contribution in [3.63, 3.8) is 0 Å². The predicted octanol–water partition coefficient (Wildman–Crippen LogP) is 0.729. The Labute approximate surface area is 97.6 Å². The number of rotatable bonds is 8. The highest BCUT2D eigenvalue weighted by molar-refractivity contribution is 5.74. The Balaban J connectivity index is 3.66. The largest absolute Gasteiger partial charge is 0.394 e. The molecule has 0 aliphatic rings. The van der Waals surface area contributed by atoms with E-state index in [1.807, 2.05) is 6.92 Å². The summed E-state index contributed by atoms with van der Waals surface area (Å²) < 4.78 is 5.09. The van der Waals surface area contributed by atoms with Crippen molar-refractivity contribution in [3.8, 4) is 0 Å². The summed E-state index contributed by atoms with van der Waals surface area (Å²) in [4.78, 5) is 11.4. The maximum absolute atomic E-state index is 11.4. The van der Waals surface area contributed by atoms with E-state index in [4.69, 9.17) is 9.84 Å². The van der Waals surface area contributed by atoms with Gasteiger partial charge < -0.3 is 20.5 Å². The summed E-state index contributed by atoms with van der Waals surface area (Å²) in [5.74, 6) is 0.445. The van der Waals surface area contributed by atoms with E-state index in [9.17, 15) is 4.79 Å². The topological polar surface area (TPSA) is 70.6 Å². The van der Waals surface area contributed by atoms with Crippen LogP contribution in [0.5, 0.6) is 0 Å². The van der Waals surface area contributed by atoms with Crippen LogP contribution in [0, 0.1) is 5.92 Å². The highest BCUT2D eigenvalue weighted by atomic mass is 16.5. The molecule has 2 amide bonds. The minimum Gasteiger partial charge on any atom is -0.394 e. The average Bonchev–Trinajstić information content (AvgIpc) is 2.23. The third-order valence-corrected chi connectivity index (χ3v) is 2.05. The third-order valence-electron chi connectivity index (χ3n) is 2.05. The van der Waals surface area contributed by atoms with Gasteiger partial charge in [-0.25, -0.2) is 4.79 Å². The number of aliphatic hydroxyl groups excluding tert-OH is 1. The van der Waals surface area contributed by atoms with Gasteiger partial charge in [0.2, 0.25) is 0 Å². The van der Waals surface area contributed by atoms with E-state index in [1.54, 1.807) is 0 Å². The molecule has 0 aliphatic carbocycles. The standard InChI is InChI=1S/C11H24N2O3/c1-4-16-6-5-12-11(15)13-10(8-14)7-9(2)3/h9-10,14H,4-8H2,1-3H3,(H2,12,13,15). The molecule has 0 fully saturated rings. The fourth-order valence-electron chi connectivity index (χ4n) is 1.37. The first-order valence-corrected chi connectivity index (χ1v) is 5.83. The molecule has 16 heavy (non-hydrogen) atoms.